The summed E-state index contributed by atoms with van der Waals surface area (Å²) >= 11 is 0. The van der Waals surface area contributed by atoms with Crippen LogP contribution < -0.4 is 15.2 Å². The fourth-order valence-corrected chi connectivity index (χ4v) is 4.80. The van der Waals surface area contributed by atoms with Crippen molar-refractivity contribution in [1.29, 1.82) is 0 Å². The number of hydrogen-bond donors (Lipinski definition) is 2. The number of benzene rings is 1. The average Bonchev–Trinajstić information content (AvgIpc) is 2.83. The third kappa shape index (κ3) is 5.38. The molecule has 9 nitrogen and oxygen atoms in total. The van der Waals surface area contributed by atoms with Gasteiger partial charge >= 0.3 is 0 Å². The third-order valence-corrected chi connectivity index (χ3v) is 6.68. The Hall–Kier alpha value is -2.87. The quantitative estimate of drug-likeness (QED) is 0.506. The molecular formula is C23H27N4O5P. The Morgan fingerprint density at radius 3 is 2.61 bits per heavy atom. The molecule has 4 rings (SSSR count). The molecule has 0 spiro atoms. The van der Waals surface area contributed by atoms with Crippen LogP contribution in [0.5, 0.6) is 5.88 Å². The van der Waals surface area contributed by atoms with Gasteiger partial charge in [0, 0.05) is 24.6 Å². The first-order chi connectivity index (χ1) is 16.0. The Labute approximate surface area is 192 Å². The maximum Gasteiger partial charge on any atom is 0.287 e. The zero-order valence-electron chi connectivity index (χ0n) is 18.4. The highest BCUT2D eigenvalue weighted by molar-refractivity contribution is 7.45. The Bertz CT molecular complexity index is 1180. The molecule has 174 valence electrons. The van der Waals surface area contributed by atoms with Crippen molar-refractivity contribution in [3.8, 4) is 5.88 Å². The Kier molecular flexibility index (Phi) is 7.33. The van der Waals surface area contributed by atoms with E-state index in [4.69, 9.17) is 14.5 Å². The third-order valence-electron chi connectivity index (χ3n) is 6.03. The normalized spacial score (nSPS) is 14.7. The molecule has 0 saturated carbocycles. The van der Waals surface area contributed by atoms with Crippen LogP contribution in [-0.2, 0) is 6.42 Å². The van der Waals surface area contributed by atoms with E-state index in [0.29, 0.717) is 23.3 Å². The summed E-state index contributed by atoms with van der Waals surface area (Å²) in [4.78, 5) is 50.8. The highest BCUT2D eigenvalue weighted by Gasteiger charge is 2.23. The molecule has 2 N–H and O–H groups in total. The lowest BCUT2D eigenvalue weighted by molar-refractivity contribution is 0.0892. The van der Waals surface area contributed by atoms with Gasteiger partial charge in [-0.1, -0.05) is 30.3 Å². The van der Waals surface area contributed by atoms with Gasteiger partial charge in [0.1, 0.15) is 11.2 Å². The van der Waals surface area contributed by atoms with Crippen molar-refractivity contribution in [2.45, 2.75) is 25.7 Å². The molecule has 1 aromatic carbocycles. The molecule has 33 heavy (non-hydrogen) atoms. The smallest absolute Gasteiger partial charge is 0.287 e. The van der Waals surface area contributed by atoms with Gasteiger partial charge in [0.05, 0.1) is 19.7 Å². The lowest BCUT2D eigenvalue weighted by atomic mass is 9.94. The van der Waals surface area contributed by atoms with Crippen molar-refractivity contribution in [3.05, 3.63) is 58.5 Å². The topological polar surface area (TPSA) is 118 Å². The number of nitrogens with zero attached hydrogens (tertiary/aromatic N) is 4. The van der Waals surface area contributed by atoms with Gasteiger partial charge in [0.15, 0.2) is 8.38 Å². The number of rotatable bonds is 7. The predicted octanol–water partition coefficient (Wildman–Crippen LogP) is 2.59. The van der Waals surface area contributed by atoms with Crippen LogP contribution in [-0.4, -0.2) is 56.8 Å². The number of pyridine rings is 1. The van der Waals surface area contributed by atoms with Gasteiger partial charge in [0.2, 0.25) is 5.88 Å². The minimum atomic E-state index is -1.84. The van der Waals surface area contributed by atoms with Crippen LogP contribution in [0, 0.1) is 5.92 Å². The highest BCUT2D eigenvalue weighted by atomic mass is 31.2. The minimum Gasteiger partial charge on any atom is -0.480 e. The van der Waals surface area contributed by atoms with E-state index in [1.165, 1.54) is 13.3 Å². The number of methoxy groups -OCH3 is 1. The lowest BCUT2D eigenvalue weighted by Crippen LogP contribution is -2.35. The number of piperidine rings is 1. The number of carbonyl (C=O) groups is 1. The first kappa shape index (κ1) is 23.3. The fraction of sp³-hybridized carbons (Fsp3) is 0.391. The molecule has 1 aliphatic heterocycles. The largest absolute Gasteiger partial charge is 0.480 e. The number of ether oxygens (including phenoxy) is 1. The van der Waals surface area contributed by atoms with E-state index in [1.54, 1.807) is 6.07 Å². The Morgan fingerprint density at radius 2 is 1.94 bits per heavy atom. The molecule has 0 aliphatic carbocycles. The molecule has 0 atom stereocenters. The molecule has 2 aromatic heterocycles. The summed E-state index contributed by atoms with van der Waals surface area (Å²) < 4.78 is 6.31. The van der Waals surface area contributed by atoms with Gasteiger partial charge < -0.3 is 19.4 Å². The van der Waals surface area contributed by atoms with Gasteiger partial charge in [-0.25, -0.2) is 0 Å². The fourth-order valence-electron chi connectivity index (χ4n) is 4.20. The summed E-state index contributed by atoms with van der Waals surface area (Å²) in [5, 5.41) is 4.92. The zero-order valence-corrected chi connectivity index (χ0v) is 19.3. The molecule has 1 aliphatic rings. The summed E-state index contributed by atoms with van der Waals surface area (Å²) in [5.74, 6) is 0.900. The van der Waals surface area contributed by atoms with Crippen molar-refractivity contribution in [3.63, 3.8) is 0 Å². The summed E-state index contributed by atoms with van der Waals surface area (Å²) in [6.45, 7) is 1.56. The first-order valence-electron chi connectivity index (χ1n) is 10.9. The number of fused-ring (bicyclic) bond motifs is 1. The molecule has 1 saturated heterocycles. The van der Waals surface area contributed by atoms with E-state index < -0.39 is 19.8 Å². The van der Waals surface area contributed by atoms with Crippen molar-refractivity contribution in [1.82, 2.24) is 14.8 Å². The number of aromatic nitrogens is 3. The average molecular weight is 470 g/mol. The Morgan fingerprint density at radius 1 is 1.21 bits per heavy atom. The second kappa shape index (κ2) is 10.4. The lowest BCUT2D eigenvalue weighted by Gasteiger charge is -2.33. The van der Waals surface area contributed by atoms with Crippen molar-refractivity contribution >= 4 is 30.9 Å². The van der Waals surface area contributed by atoms with Crippen LogP contribution in [0.3, 0.4) is 0 Å². The molecule has 0 amide bonds. The number of anilines is 1. The second-order valence-electron chi connectivity index (χ2n) is 8.19. The zero-order chi connectivity index (χ0) is 23.4. The molecule has 10 heteroatoms. The van der Waals surface area contributed by atoms with Gasteiger partial charge in [-0.3, -0.25) is 9.59 Å². The summed E-state index contributed by atoms with van der Waals surface area (Å²) in [5.41, 5.74) is 0.252. The van der Waals surface area contributed by atoms with Crippen LogP contribution >= 0.6 is 8.38 Å². The molecule has 0 unspecified atom stereocenters. The predicted molar refractivity (Wildman–Crippen MR) is 127 cm³/mol. The van der Waals surface area contributed by atoms with Gasteiger partial charge in [-0.2, -0.15) is 14.8 Å². The number of hydrogen-bond acceptors (Lipinski definition) is 8. The standard InChI is InChI=1S/C23H27N4O5P/c1-32-22-21-18(14-19(25-22)26-10-7-16(8-11-26)9-12-33(30)31)15-24-27(23(21)29)20(28)13-17-5-3-2-4-6-17/h2-6,14-16,30-31H,7-13H2,1H3. The van der Waals surface area contributed by atoms with E-state index in [2.05, 4.69) is 15.0 Å². The molecule has 3 heterocycles. The second-order valence-corrected chi connectivity index (χ2v) is 9.38. The number of carbonyl (C=O) groups excluding carboxylic acids is 1. The van der Waals surface area contributed by atoms with Gasteiger partial charge in [-0.15, -0.1) is 0 Å². The van der Waals surface area contributed by atoms with Crippen molar-refractivity contribution in [2.24, 2.45) is 5.92 Å². The molecular weight excluding hydrogens is 443 g/mol. The van der Waals surface area contributed by atoms with Crippen LogP contribution in [0.25, 0.3) is 10.8 Å². The van der Waals surface area contributed by atoms with E-state index >= 15 is 0 Å². The minimum absolute atomic E-state index is 0.0660. The molecule has 1 fully saturated rings. The molecule has 0 radical (unpaired) electrons. The first-order valence-corrected chi connectivity index (χ1v) is 12.3. The van der Waals surface area contributed by atoms with E-state index in [9.17, 15) is 9.59 Å². The molecule has 3 aromatic rings. The van der Waals surface area contributed by atoms with E-state index in [-0.39, 0.29) is 17.7 Å². The van der Waals surface area contributed by atoms with Gasteiger partial charge in [0.25, 0.3) is 11.5 Å². The van der Waals surface area contributed by atoms with E-state index in [0.717, 1.165) is 42.6 Å². The van der Waals surface area contributed by atoms with Crippen LogP contribution in [0.1, 0.15) is 29.6 Å². The monoisotopic (exact) mass is 470 g/mol. The summed E-state index contributed by atoms with van der Waals surface area (Å²) in [7, 11) is -0.383. The SMILES string of the molecule is COc1nc(N2CCC(CCP(O)O)CC2)cc2cnn(C(=O)Cc3ccccc3)c(=O)c12. The maximum atomic E-state index is 13.1. The Balaban J connectivity index is 1.57. The van der Waals surface area contributed by atoms with Crippen LogP contribution in [0.2, 0.25) is 0 Å². The van der Waals surface area contributed by atoms with Gasteiger partial charge in [-0.05, 0) is 36.8 Å². The summed E-state index contributed by atoms with van der Waals surface area (Å²) in [6.07, 6.45) is 4.68. The molecule has 0 bridgehead atoms. The van der Waals surface area contributed by atoms with Crippen LogP contribution in [0.4, 0.5) is 5.82 Å². The van der Waals surface area contributed by atoms with Crippen LogP contribution in [0.15, 0.2) is 47.4 Å². The summed E-state index contributed by atoms with van der Waals surface area (Å²) in [6, 6.07) is 11.0. The maximum absolute atomic E-state index is 13.1. The van der Waals surface area contributed by atoms with Crippen molar-refractivity contribution in [2.75, 3.05) is 31.3 Å². The van der Waals surface area contributed by atoms with Crippen molar-refractivity contribution < 1.29 is 19.3 Å². The van der Waals surface area contributed by atoms with E-state index in [1.807, 2.05) is 30.3 Å². The highest BCUT2D eigenvalue weighted by Crippen LogP contribution is 2.32.